The number of benzene rings is 1. The first kappa shape index (κ1) is 10.2. The van der Waals surface area contributed by atoms with Crippen LogP contribution in [0.4, 0.5) is 0 Å². The molecule has 0 amide bonds. The van der Waals surface area contributed by atoms with E-state index in [0.29, 0.717) is 19.6 Å². The third kappa shape index (κ3) is 3.06. The van der Waals surface area contributed by atoms with Crippen molar-refractivity contribution in [3.8, 4) is 0 Å². The van der Waals surface area contributed by atoms with E-state index >= 15 is 0 Å². The minimum Gasteiger partial charge on any atom is -0.462 e. The Hall–Kier alpha value is -1.35. The summed E-state index contributed by atoms with van der Waals surface area (Å²) < 4.78 is 10.3. The molecule has 1 atom stereocenters. The molecule has 0 unspecified atom stereocenters. The van der Waals surface area contributed by atoms with Gasteiger partial charge in [-0.1, -0.05) is 30.3 Å². The summed E-state index contributed by atoms with van der Waals surface area (Å²) >= 11 is 0. The number of hydrogen-bond donors (Lipinski definition) is 0. The average Bonchev–Trinajstić information content (AvgIpc) is 2.23. The molecule has 0 radical (unpaired) electrons. The van der Waals surface area contributed by atoms with Crippen LogP contribution in [0.1, 0.15) is 18.4 Å². The lowest BCUT2D eigenvalue weighted by Crippen LogP contribution is -2.33. The molecule has 1 aromatic carbocycles. The third-order valence-corrected chi connectivity index (χ3v) is 2.39. The molecule has 0 saturated carbocycles. The summed E-state index contributed by atoms with van der Waals surface area (Å²) in [5, 5.41) is 0. The summed E-state index contributed by atoms with van der Waals surface area (Å²) in [4.78, 5) is 10.5. The fourth-order valence-electron chi connectivity index (χ4n) is 1.50. The van der Waals surface area contributed by atoms with Gasteiger partial charge in [0, 0.05) is 6.42 Å². The molecule has 1 saturated heterocycles. The second-order valence-electron chi connectivity index (χ2n) is 3.64. The van der Waals surface area contributed by atoms with Gasteiger partial charge in [0.05, 0.1) is 19.6 Å². The summed E-state index contributed by atoms with van der Waals surface area (Å²) in [6, 6.07) is 10.0. The lowest BCUT2D eigenvalue weighted by Gasteiger charge is -2.25. The predicted octanol–water partition coefficient (Wildman–Crippen LogP) is 1.91. The van der Waals surface area contributed by atoms with Crippen LogP contribution in [-0.2, 0) is 20.9 Å². The maximum absolute atomic E-state index is 10.5. The molecule has 1 heterocycles. The third-order valence-electron chi connectivity index (χ3n) is 2.39. The quantitative estimate of drug-likeness (QED) is 0.545. The minimum atomic E-state index is -0.0944. The first-order valence-electron chi connectivity index (χ1n) is 5.16. The van der Waals surface area contributed by atoms with Crippen molar-refractivity contribution in [3.05, 3.63) is 35.9 Å². The van der Waals surface area contributed by atoms with Crippen molar-refractivity contribution in [2.75, 3.05) is 6.61 Å². The Morgan fingerprint density at radius 2 is 2.07 bits per heavy atom. The Balaban J connectivity index is 1.57. The van der Waals surface area contributed by atoms with Crippen molar-refractivity contribution in [1.82, 2.24) is 0 Å². The highest BCUT2D eigenvalue weighted by Crippen LogP contribution is 2.16. The van der Waals surface area contributed by atoms with Crippen LogP contribution in [-0.4, -0.2) is 18.7 Å². The molecule has 0 bridgehead atoms. The van der Waals surface area contributed by atoms with Gasteiger partial charge in [-0.25, -0.2) is 0 Å². The average molecular weight is 206 g/mol. The molecule has 15 heavy (non-hydrogen) atoms. The molecule has 1 aliphatic rings. The van der Waals surface area contributed by atoms with Gasteiger partial charge < -0.3 is 9.47 Å². The van der Waals surface area contributed by atoms with Gasteiger partial charge in [0.2, 0.25) is 0 Å². The molecule has 1 fully saturated rings. The molecule has 1 aromatic rings. The lowest BCUT2D eigenvalue weighted by atomic mass is 10.1. The van der Waals surface area contributed by atoms with Crippen molar-refractivity contribution >= 4 is 5.97 Å². The van der Waals surface area contributed by atoms with Crippen molar-refractivity contribution in [3.63, 3.8) is 0 Å². The summed E-state index contributed by atoms with van der Waals surface area (Å²) in [5.74, 6) is -0.0944. The number of ether oxygens (including phenoxy) is 2. The Kier molecular flexibility index (Phi) is 3.35. The molecule has 3 nitrogen and oxygen atoms in total. The van der Waals surface area contributed by atoms with E-state index in [1.54, 1.807) is 0 Å². The molecule has 0 aromatic heterocycles. The smallest absolute Gasteiger partial charge is 0.309 e. The Labute approximate surface area is 89.0 Å². The van der Waals surface area contributed by atoms with E-state index in [0.717, 1.165) is 6.42 Å². The number of carbonyl (C=O) groups excluding carboxylic acids is 1. The Bertz CT molecular complexity index is 313. The fraction of sp³-hybridized carbons (Fsp3) is 0.417. The molecule has 80 valence electrons. The number of rotatable bonds is 5. The Morgan fingerprint density at radius 1 is 1.33 bits per heavy atom. The van der Waals surface area contributed by atoms with Gasteiger partial charge >= 0.3 is 5.97 Å². The van der Waals surface area contributed by atoms with Crippen LogP contribution in [0.25, 0.3) is 0 Å². The number of hydrogen-bond acceptors (Lipinski definition) is 3. The van der Waals surface area contributed by atoms with E-state index in [-0.39, 0.29) is 12.1 Å². The van der Waals surface area contributed by atoms with Gasteiger partial charge in [-0.15, -0.1) is 0 Å². The van der Waals surface area contributed by atoms with Crippen molar-refractivity contribution in [2.45, 2.75) is 25.6 Å². The standard InChI is InChI=1S/C12H14O3/c13-12-8-11(15-12)6-7-14-9-10-4-2-1-3-5-10/h1-5,11H,6-9H2/t11-/m0/s1. The number of esters is 1. The highest BCUT2D eigenvalue weighted by molar-refractivity contribution is 5.75. The largest absolute Gasteiger partial charge is 0.462 e. The second kappa shape index (κ2) is 4.94. The molecule has 1 aliphatic heterocycles. The van der Waals surface area contributed by atoms with E-state index in [1.165, 1.54) is 5.56 Å². The molecule has 0 aliphatic carbocycles. The predicted molar refractivity (Wildman–Crippen MR) is 55.2 cm³/mol. The van der Waals surface area contributed by atoms with Gasteiger partial charge in [-0.05, 0) is 5.56 Å². The normalized spacial score (nSPS) is 19.5. The van der Waals surface area contributed by atoms with Crippen molar-refractivity contribution < 1.29 is 14.3 Å². The molecule has 0 spiro atoms. The van der Waals surface area contributed by atoms with Crippen LogP contribution in [0.5, 0.6) is 0 Å². The van der Waals surface area contributed by atoms with Crippen LogP contribution < -0.4 is 0 Å². The van der Waals surface area contributed by atoms with Crippen LogP contribution in [0.3, 0.4) is 0 Å². The summed E-state index contributed by atoms with van der Waals surface area (Å²) in [7, 11) is 0. The SMILES string of the molecule is O=C1C[C@H](CCOCc2ccccc2)O1. The van der Waals surface area contributed by atoms with E-state index in [2.05, 4.69) is 0 Å². The topological polar surface area (TPSA) is 35.5 Å². The number of cyclic esters (lactones) is 1. The second-order valence-corrected chi connectivity index (χ2v) is 3.64. The van der Waals surface area contributed by atoms with Crippen LogP contribution in [0, 0.1) is 0 Å². The van der Waals surface area contributed by atoms with E-state index < -0.39 is 0 Å². The van der Waals surface area contributed by atoms with Crippen LogP contribution >= 0.6 is 0 Å². The molecule has 3 heteroatoms. The maximum Gasteiger partial charge on any atom is 0.309 e. The maximum atomic E-state index is 10.5. The van der Waals surface area contributed by atoms with E-state index in [9.17, 15) is 4.79 Å². The minimum absolute atomic E-state index is 0.0910. The zero-order valence-corrected chi connectivity index (χ0v) is 8.52. The zero-order valence-electron chi connectivity index (χ0n) is 8.52. The van der Waals surface area contributed by atoms with E-state index in [1.807, 2.05) is 30.3 Å². The summed E-state index contributed by atoms with van der Waals surface area (Å²) in [6.45, 7) is 1.27. The molecular formula is C12H14O3. The molecular weight excluding hydrogens is 192 g/mol. The van der Waals surface area contributed by atoms with E-state index in [4.69, 9.17) is 9.47 Å². The zero-order chi connectivity index (χ0) is 10.5. The van der Waals surface area contributed by atoms with Gasteiger partial charge in [-0.3, -0.25) is 4.79 Å². The van der Waals surface area contributed by atoms with Gasteiger partial charge in [0.25, 0.3) is 0 Å². The van der Waals surface area contributed by atoms with Gasteiger partial charge in [0.15, 0.2) is 0 Å². The number of carbonyl (C=O) groups is 1. The monoisotopic (exact) mass is 206 g/mol. The first-order valence-corrected chi connectivity index (χ1v) is 5.16. The highest BCUT2D eigenvalue weighted by Gasteiger charge is 2.27. The fourth-order valence-corrected chi connectivity index (χ4v) is 1.50. The van der Waals surface area contributed by atoms with Crippen LogP contribution in [0.2, 0.25) is 0 Å². The summed E-state index contributed by atoms with van der Waals surface area (Å²) in [6.07, 6.45) is 1.45. The molecule has 2 rings (SSSR count). The highest BCUT2D eigenvalue weighted by atomic mass is 16.6. The van der Waals surface area contributed by atoms with Crippen LogP contribution in [0.15, 0.2) is 30.3 Å². The molecule has 0 N–H and O–H groups in total. The lowest BCUT2D eigenvalue weighted by molar-refractivity contribution is -0.170. The van der Waals surface area contributed by atoms with Crippen molar-refractivity contribution in [1.29, 1.82) is 0 Å². The van der Waals surface area contributed by atoms with Gasteiger partial charge in [0.1, 0.15) is 6.10 Å². The summed E-state index contributed by atoms with van der Waals surface area (Å²) in [5.41, 5.74) is 1.17. The first-order chi connectivity index (χ1) is 7.34. The van der Waals surface area contributed by atoms with Crippen molar-refractivity contribution in [2.24, 2.45) is 0 Å². The Morgan fingerprint density at radius 3 is 2.73 bits per heavy atom. The van der Waals surface area contributed by atoms with Gasteiger partial charge in [-0.2, -0.15) is 0 Å².